The molecule has 0 aliphatic heterocycles. The highest BCUT2D eigenvalue weighted by atomic mass is 14.6. The summed E-state index contributed by atoms with van der Waals surface area (Å²) in [5.41, 5.74) is 5.93. The smallest absolute Gasteiger partial charge is 0.00619 e. The summed E-state index contributed by atoms with van der Waals surface area (Å²) in [4.78, 5) is 0. The fourth-order valence-electron chi connectivity index (χ4n) is 1.51. The Morgan fingerprint density at radius 3 is 2.25 bits per heavy atom. The van der Waals surface area contributed by atoms with Crippen LogP contribution in [0.15, 0.2) is 0 Å². The Labute approximate surface area is 77.7 Å². The van der Waals surface area contributed by atoms with Gasteiger partial charge in [-0.2, -0.15) is 0 Å². The molecule has 0 spiro atoms. The summed E-state index contributed by atoms with van der Waals surface area (Å²) in [5, 5.41) is 0. The van der Waals surface area contributed by atoms with E-state index in [0.717, 1.165) is 6.42 Å². The fourth-order valence-corrected chi connectivity index (χ4v) is 1.51. The Bertz CT molecular complexity index is 91.0. The minimum absolute atomic E-state index is 0.423. The summed E-state index contributed by atoms with van der Waals surface area (Å²) < 4.78 is 0. The van der Waals surface area contributed by atoms with Gasteiger partial charge in [-0.25, -0.2) is 0 Å². The van der Waals surface area contributed by atoms with Crippen LogP contribution in [-0.2, 0) is 0 Å². The summed E-state index contributed by atoms with van der Waals surface area (Å²) in [6, 6.07) is 0.423. The maximum atomic E-state index is 5.93. The number of hydrogen-bond acceptors (Lipinski definition) is 1. The third kappa shape index (κ3) is 5.59. The summed E-state index contributed by atoms with van der Waals surface area (Å²) in [6.45, 7) is 6.70. The van der Waals surface area contributed by atoms with Crippen molar-refractivity contribution in [3.05, 3.63) is 0 Å². The van der Waals surface area contributed by atoms with Gasteiger partial charge >= 0.3 is 0 Å². The Morgan fingerprint density at radius 2 is 1.75 bits per heavy atom. The molecule has 0 heterocycles. The van der Waals surface area contributed by atoms with Crippen LogP contribution >= 0.6 is 0 Å². The molecule has 12 heavy (non-hydrogen) atoms. The average molecular weight is 171 g/mol. The van der Waals surface area contributed by atoms with Crippen molar-refractivity contribution in [2.75, 3.05) is 0 Å². The molecular formula is C11H25N. The molecule has 2 N–H and O–H groups in total. The first-order valence-electron chi connectivity index (χ1n) is 5.47. The second kappa shape index (κ2) is 7.60. The van der Waals surface area contributed by atoms with Gasteiger partial charge in [0, 0.05) is 6.04 Å². The van der Waals surface area contributed by atoms with Crippen LogP contribution < -0.4 is 5.73 Å². The van der Waals surface area contributed by atoms with Gasteiger partial charge in [-0.1, -0.05) is 46.5 Å². The number of unbranched alkanes of at least 4 members (excludes halogenated alkanes) is 3. The molecule has 0 radical (unpaired) electrons. The molecule has 0 aliphatic carbocycles. The standard InChI is InChI=1S/C11H25N/c1-4-6-7-8-9-10(3)11(12)5-2/h10-11H,4-9,12H2,1-3H3. The summed E-state index contributed by atoms with van der Waals surface area (Å²) in [6.07, 6.45) is 7.90. The van der Waals surface area contributed by atoms with Crippen LogP contribution in [0.25, 0.3) is 0 Å². The van der Waals surface area contributed by atoms with Gasteiger partial charge in [-0.05, 0) is 18.8 Å². The largest absolute Gasteiger partial charge is 0.327 e. The highest BCUT2D eigenvalue weighted by molar-refractivity contribution is 4.66. The van der Waals surface area contributed by atoms with Crippen molar-refractivity contribution in [1.82, 2.24) is 0 Å². The van der Waals surface area contributed by atoms with E-state index in [1.54, 1.807) is 0 Å². The Hall–Kier alpha value is -0.0400. The molecule has 2 unspecified atom stereocenters. The Kier molecular flexibility index (Phi) is 7.58. The average Bonchev–Trinajstić information content (AvgIpc) is 2.10. The molecule has 1 heteroatoms. The summed E-state index contributed by atoms with van der Waals surface area (Å²) in [5.74, 6) is 0.715. The molecule has 2 atom stereocenters. The molecule has 0 amide bonds. The van der Waals surface area contributed by atoms with E-state index in [4.69, 9.17) is 5.73 Å². The quantitative estimate of drug-likeness (QED) is 0.584. The predicted octanol–water partition coefficient (Wildman–Crippen LogP) is 3.33. The second-order valence-corrected chi connectivity index (χ2v) is 3.90. The van der Waals surface area contributed by atoms with E-state index in [1.807, 2.05) is 0 Å². The first-order valence-corrected chi connectivity index (χ1v) is 5.47. The molecule has 74 valence electrons. The minimum Gasteiger partial charge on any atom is -0.327 e. The normalized spacial score (nSPS) is 16.0. The molecule has 0 aromatic rings. The molecule has 0 aromatic heterocycles. The van der Waals surface area contributed by atoms with Crippen molar-refractivity contribution in [3.8, 4) is 0 Å². The zero-order chi connectivity index (χ0) is 9.40. The van der Waals surface area contributed by atoms with E-state index in [1.165, 1.54) is 32.1 Å². The SMILES string of the molecule is CCCCCCC(C)C(N)CC. The number of nitrogens with two attached hydrogens (primary N) is 1. The van der Waals surface area contributed by atoms with Crippen LogP contribution in [-0.4, -0.2) is 6.04 Å². The monoisotopic (exact) mass is 171 g/mol. The summed E-state index contributed by atoms with van der Waals surface area (Å²) >= 11 is 0. The topological polar surface area (TPSA) is 26.0 Å². The molecule has 0 saturated carbocycles. The third-order valence-corrected chi connectivity index (χ3v) is 2.72. The van der Waals surface area contributed by atoms with E-state index in [9.17, 15) is 0 Å². The molecule has 0 bridgehead atoms. The fraction of sp³-hybridized carbons (Fsp3) is 1.00. The van der Waals surface area contributed by atoms with Crippen LogP contribution in [0.5, 0.6) is 0 Å². The molecule has 1 nitrogen and oxygen atoms in total. The van der Waals surface area contributed by atoms with E-state index in [0.29, 0.717) is 12.0 Å². The minimum atomic E-state index is 0.423. The third-order valence-electron chi connectivity index (χ3n) is 2.72. The van der Waals surface area contributed by atoms with Crippen LogP contribution in [0, 0.1) is 5.92 Å². The lowest BCUT2D eigenvalue weighted by Crippen LogP contribution is -2.27. The molecule has 0 fully saturated rings. The zero-order valence-electron chi connectivity index (χ0n) is 8.97. The number of rotatable bonds is 7. The van der Waals surface area contributed by atoms with E-state index >= 15 is 0 Å². The predicted molar refractivity (Wildman–Crippen MR) is 56.2 cm³/mol. The number of hydrogen-bond donors (Lipinski definition) is 1. The van der Waals surface area contributed by atoms with Crippen LogP contribution in [0.3, 0.4) is 0 Å². The van der Waals surface area contributed by atoms with Gasteiger partial charge in [-0.15, -0.1) is 0 Å². The van der Waals surface area contributed by atoms with Gasteiger partial charge in [0.1, 0.15) is 0 Å². The van der Waals surface area contributed by atoms with E-state index in [2.05, 4.69) is 20.8 Å². The lowest BCUT2D eigenvalue weighted by molar-refractivity contribution is 0.398. The van der Waals surface area contributed by atoms with Gasteiger partial charge in [0.15, 0.2) is 0 Å². The molecule has 0 rings (SSSR count). The first-order chi connectivity index (χ1) is 5.72. The van der Waals surface area contributed by atoms with Crippen molar-refractivity contribution >= 4 is 0 Å². The van der Waals surface area contributed by atoms with Crippen LogP contribution in [0.4, 0.5) is 0 Å². The Morgan fingerprint density at radius 1 is 1.08 bits per heavy atom. The van der Waals surface area contributed by atoms with Crippen molar-refractivity contribution in [2.24, 2.45) is 11.7 Å². The maximum Gasteiger partial charge on any atom is 0.00619 e. The van der Waals surface area contributed by atoms with Gasteiger partial charge in [-0.3, -0.25) is 0 Å². The molecule has 0 aromatic carbocycles. The summed E-state index contributed by atoms with van der Waals surface area (Å²) in [7, 11) is 0. The zero-order valence-corrected chi connectivity index (χ0v) is 8.97. The van der Waals surface area contributed by atoms with E-state index in [-0.39, 0.29) is 0 Å². The molecular weight excluding hydrogens is 146 g/mol. The lowest BCUT2D eigenvalue weighted by atomic mass is 9.94. The second-order valence-electron chi connectivity index (χ2n) is 3.90. The highest BCUT2D eigenvalue weighted by Gasteiger charge is 2.09. The first kappa shape index (κ1) is 12.0. The van der Waals surface area contributed by atoms with Crippen molar-refractivity contribution < 1.29 is 0 Å². The van der Waals surface area contributed by atoms with Gasteiger partial charge in [0.25, 0.3) is 0 Å². The maximum absolute atomic E-state index is 5.93. The van der Waals surface area contributed by atoms with Crippen molar-refractivity contribution in [3.63, 3.8) is 0 Å². The lowest BCUT2D eigenvalue weighted by Gasteiger charge is -2.17. The van der Waals surface area contributed by atoms with Gasteiger partial charge in [0.2, 0.25) is 0 Å². The van der Waals surface area contributed by atoms with Crippen LogP contribution in [0.2, 0.25) is 0 Å². The van der Waals surface area contributed by atoms with E-state index < -0.39 is 0 Å². The van der Waals surface area contributed by atoms with Crippen molar-refractivity contribution in [2.45, 2.75) is 65.3 Å². The van der Waals surface area contributed by atoms with Gasteiger partial charge in [0.05, 0.1) is 0 Å². The highest BCUT2D eigenvalue weighted by Crippen LogP contribution is 2.14. The van der Waals surface area contributed by atoms with Gasteiger partial charge < -0.3 is 5.73 Å². The molecule has 0 aliphatic rings. The Balaban J connectivity index is 3.24. The molecule has 0 saturated heterocycles. The van der Waals surface area contributed by atoms with Crippen LogP contribution in [0.1, 0.15) is 59.3 Å². The van der Waals surface area contributed by atoms with Crippen molar-refractivity contribution in [1.29, 1.82) is 0 Å².